The Morgan fingerprint density at radius 2 is 1.79 bits per heavy atom. The van der Waals surface area contributed by atoms with Crippen molar-refractivity contribution >= 4 is 34.5 Å². The van der Waals surface area contributed by atoms with E-state index in [9.17, 15) is 24.5 Å². The van der Waals surface area contributed by atoms with Gasteiger partial charge in [0.05, 0.1) is 22.8 Å². The number of carbonyl (C=O) groups excluding carboxylic acids is 3. The Balaban J connectivity index is 1.68. The Morgan fingerprint density at radius 3 is 2.50 bits per heavy atom. The second-order valence-corrected chi connectivity index (χ2v) is 9.24. The van der Waals surface area contributed by atoms with Crippen LogP contribution in [-0.2, 0) is 9.59 Å². The number of ketones is 1. The summed E-state index contributed by atoms with van der Waals surface area (Å²) in [6.07, 6.45) is 2.60. The summed E-state index contributed by atoms with van der Waals surface area (Å²) in [6.45, 7) is 5.72. The predicted octanol–water partition coefficient (Wildman–Crippen LogP) is 3.85. The number of benzene rings is 2. The Kier molecular flexibility index (Phi) is 5.11. The van der Waals surface area contributed by atoms with Crippen molar-refractivity contribution in [1.82, 2.24) is 4.90 Å². The lowest BCUT2D eigenvalue weighted by Gasteiger charge is -2.38. The minimum absolute atomic E-state index is 0.157. The maximum absolute atomic E-state index is 13.9. The lowest BCUT2D eigenvalue weighted by atomic mass is 9.85. The Hall–Kier alpha value is -3.81. The van der Waals surface area contributed by atoms with Crippen LogP contribution in [0, 0.1) is 22.0 Å². The normalized spacial score (nSPS) is 26.0. The molecule has 0 radical (unpaired) electrons. The SMILES string of the molecule is CC[C@H](C)N1C(=O)[C@@H]2[C@H](C1=O)[C@@H]1C=C(C)c3ccccc3N1[C@@H]2C(=O)c1cccc([N+](=O)[O-])c1. The van der Waals surface area contributed by atoms with Crippen LogP contribution in [0.5, 0.6) is 0 Å². The van der Waals surface area contributed by atoms with Crippen LogP contribution in [0.4, 0.5) is 11.4 Å². The molecule has 8 heteroatoms. The molecule has 8 nitrogen and oxygen atoms in total. The summed E-state index contributed by atoms with van der Waals surface area (Å²) in [5.41, 5.74) is 2.68. The van der Waals surface area contributed by atoms with E-state index in [-0.39, 0.29) is 29.1 Å². The molecule has 5 atom stereocenters. The first-order valence-electron chi connectivity index (χ1n) is 11.5. The second-order valence-electron chi connectivity index (χ2n) is 9.24. The molecule has 34 heavy (non-hydrogen) atoms. The van der Waals surface area contributed by atoms with E-state index >= 15 is 0 Å². The van der Waals surface area contributed by atoms with Gasteiger partial charge >= 0.3 is 0 Å². The number of nitro groups is 1. The van der Waals surface area contributed by atoms with Crippen LogP contribution in [0.25, 0.3) is 5.57 Å². The van der Waals surface area contributed by atoms with E-state index in [2.05, 4.69) is 0 Å². The summed E-state index contributed by atoms with van der Waals surface area (Å²) in [4.78, 5) is 55.2. The van der Waals surface area contributed by atoms with Gasteiger partial charge in [0.25, 0.3) is 5.69 Å². The van der Waals surface area contributed by atoms with Crippen molar-refractivity contribution in [3.05, 3.63) is 75.8 Å². The fourth-order valence-electron chi connectivity index (χ4n) is 5.68. The number of imide groups is 1. The number of amides is 2. The summed E-state index contributed by atoms with van der Waals surface area (Å²) in [6, 6.07) is 11.5. The van der Waals surface area contributed by atoms with Crippen molar-refractivity contribution < 1.29 is 19.3 Å². The summed E-state index contributed by atoms with van der Waals surface area (Å²) in [5.74, 6) is -2.52. The number of nitro benzene ring substituents is 1. The number of carbonyl (C=O) groups is 3. The highest BCUT2D eigenvalue weighted by molar-refractivity contribution is 6.14. The summed E-state index contributed by atoms with van der Waals surface area (Å²) >= 11 is 0. The highest BCUT2D eigenvalue weighted by Gasteiger charge is 2.64. The molecule has 3 aliphatic heterocycles. The van der Waals surface area contributed by atoms with Gasteiger partial charge in [0, 0.05) is 35.0 Å². The van der Waals surface area contributed by atoms with Crippen molar-refractivity contribution in [2.45, 2.75) is 45.3 Å². The van der Waals surface area contributed by atoms with Gasteiger partial charge in [-0.25, -0.2) is 0 Å². The van der Waals surface area contributed by atoms with Crippen LogP contribution in [0.1, 0.15) is 43.1 Å². The van der Waals surface area contributed by atoms with Crippen molar-refractivity contribution in [3.8, 4) is 0 Å². The van der Waals surface area contributed by atoms with Crippen molar-refractivity contribution in [3.63, 3.8) is 0 Å². The Labute approximate surface area is 197 Å². The average Bonchev–Trinajstić information content (AvgIpc) is 3.31. The second kappa shape index (κ2) is 7.90. The largest absolute Gasteiger partial charge is 0.352 e. The van der Waals surface area contributed by atoms with Gasteiger partial charge in [-0.1, -0.05) is 43.3 Å². The minimum atomic E-state index is -0.937. The van der Waals surface area contributed by atoms with E-state index in [1.54, 1.807) is 0 Å². The van der Waals surface area contributed by atoms with Gasteiger partial charge in [0.1, 0.15) is 6.04 Å². The zero-order valence-electron chi connectivity index (χ0n) is 19.2. The third kappa shape index (κ3) is 3.01. The number of anilines is 1. The summed E-state index contributed by atoms with van der Waals surface area (Å²) in [7, 11) is 0. The zero-order valence-corrected chi connectivity index (χ0v) is 19.2. The van der Waals surface area contributed by atoms with Crippen LogP contribution in [0.3, 0.4) is 0 Å². The zero-order chi connectivity index (χ0) is 24.3. The molecule has 5 rings (SSSR count). The van der Waals surface area contributed by atoms with E-state index in [1.807, 2.05) is 56.0 Å². The number of nitrogens with zero attached hydrogens (tertiary/aromatic N) is 3. The fourth-order valence-corrected chi connectivity index (χ4v) is 5.68. The molecule has 0 spiro atoms. The van der Waals surface area contributed by atoms with E-state index in [4.69, 9.17) is 0 Å². The lowest BCUT2D eigenvalue weighted by Crippen LogP contribution is -2.50. The first-order valence-corrected chi connectivity index (χ1v) is 11.5. The number of non-ortho nitro benzene ring substituents is 1. The molecule has 174 valence electrons. The van der Waals surface area contributed by atoms with Crippen LogP contribution >= 0.6 is 0 Å². The van der Waals surface area contributed by atoms with Gasteiger partial charge < -0.3 is 4.90 Å². The maximum atomic E-state index is 13.9. The number of hydrogen-bond donors (Lipinski definition) is 0. The number of likely N-dealkylation sites (tertiary alicyclic amines) is 1. The van der Waals surface area contributed by atoms with Crippen LogP contribution in [0.15, 0.2) is 54.6 Å². The topological polar surface area (TPSA) is 101 Å². The highest BCUT2D eigenvalue weighted by Crippen LogP contribution is 2.50. The molecular weight excluding hydrogens is 434 g/mol. The smallest absolute Gasteiger partial charge is 0.270 e. The molecule has 3 aliphatic rings. The number of Topliss-reactive ketones (excluding diaryl/α,β-unsaturated/α-hetero) is 1. The first-order chi connectivity index (χ1) is 16.3. The number of hydrogen-bond acceptors (Lipinski definition) is 6. The number of allylic oxidation sites excluding steroid dienone is 1. The molecular formula is C26H25N3O5. The van der Waals surface area contributed by atoms with Crippen LogP contribution < -0.4 is 4.90 Å². The van der Waals surface area contributed by atoms with E-state index in [0.717, 1.165) is 16.8 Å². The third-order valence-corrected chi connectivity index (χ3v) is 7.43. The Bertz CT molecular complexity index is 1270. The molecule has 0 saturated carbocycles. The van der Waals surface area contributed by atoms with Gasteiger partial charge in [-0.2, -0.15) is 0 Å². The monoisotopic (exact) mass is 459 g/mol. The van der Waals surface area contributed by atoms with Gasteiger partial charge in [0.15, 0.2) is 5.78 Å². The number of fused-ring (bicyclic) bond motifs is 5. The van der Waals surface area contributed by atoms with Gasteiger partial charge in [0.2, 0.25) is 11.8 Å². The van der Waals surface area contributed by atoms with E-state index in [1.165, 1.54) is 29.2 Å². The average molecular weight is 460 g/mol. The van der Waals surface area contributed by atoms with Gasteiger partial charge in [-0.15, -0.1) is 0 Å². The maximum Gasteiger partial charge on any atom is 0.270 e. The fraction of sp³-hybridized carbons (Fsp3) is 0.346. The standard InChI is InChI=1S/C26H25N3O5/c1-4-15(3)27-25(31)21-20-12-14(2)18-10-5-6-11-19(18)28(20)23(22(21)26(27)32)24(30)16-8-7-9-17(13-16)29(33)34/h5-13,15,20-23H,4H2,1-3H3/t15-,20-,21+,22+,23-/m0/s1. The molecule has 0 bridgehead atoms. The van der Waals surface area contributed by atoms with Gasteiger partial charge in [-0.3, -0.25) is 29.4 Å². The molecule has 0 N–H and O–H groups in total. The molecule has 2 saturated heterocycles. The first kappa shape index (κ1) is 22.0. The molecule has 2 aromatic carbocycles. The van der Waals surface area contributed by atoms with Crippen molar-refractivity contribution in [2.24, 2.45) is 11.8 Å². The molecule has 2 amide bonds. The molecule has 0 aromatic heterocycles. The lowest BCUT2D eigenvalue weighted by molar-refractivity contribution is -0.384. The van der Waals surface area contributed by atoms with Crippen molar-refractivity contribution in [2.75, 3.05) is 4.90 Å². The molecule has 0 unspecified atom stereocenters. The highest BCUT2D eigenvalue weighted by atomic mass is 16.6. The van der Waals surface area contributed by atoms with Gasteiger partial charge in [-0.05, 0) is 31.9 Å². The molecule has 2 fully saturated rings. The number of para-hydroxylation sites is 1. The summed E-state index contributed by atoms with van der Waals surface area (Å²) < 4.78 is 0. The van der Waals surface area contributed by atoms with E-state index in [0.29, 0.717) is 6.42 Å². The Morgan fingerprint density at radius 1 is 1.09 bits per heavy atom. The molecule has 0 aliphatic carbocycles. The minimum Gasteiger partial charge on any atom is -0.352 e. The molecule has 2 aromatic rings. The molecule has 3 heterocycles. The third-order valence-electron chi connectivity index (χ3n) is 7.43. The predicted molar refractivity (Wildman–Crippen MR) is 126 cm³/mol. The van der Waals surface area contributed by atoms with Crippen LogP contribution in [-0.4, -0.2) is 45.5 Å². The van der Waals surface area contributed by atoms with E-state index < -0.39 is 34.6 Å². The summed E-state index contributed by atoms with van der Waals surface area (Å²) in [5, 5.41) is 11.3. The number of rotatable bonds is 5. The quantitative estimate of drug-likeness (QED) is 0.291. The van der Waals surface area contributed by atoms with Crippen molar-refractivity contribution in [1.29, 1.82) is 0 Å². The van der Waals surface area contributed by atoms with Crippen LogP contribution in [0.2, 0.25) is 0 Å².